The first-order valence-electron chi connectivity index (χ1n) is 19.2. The molecule has 0 amide bonds. The Bertz CT molecular complexity index is 2690. The van der Waals surface area contributed by atoms with Crippen LogP contribution in [-0.4, -0.2) is 29.9 Å². The summed E-state index contributed by atoms with van der Waals surface area (Å²) in [5.74, 6) is 1.28. The Morgan fingerprint density at radius 1 is 0.276 bits per heavy atom. The van der Waals surface area contributed by atoms with Gasteiger partial charge >= 0.3 is 0 Å². The van der Waals surface area contributed by atoms with E-state index in [0.717, 1.165) is 78.4 Å². The largest absolute Gasteiger partial charge is 0.264 e. The smallest absolute Gasteiger partial charge is 0.161 e. The van der Waals surface area contributed by atoms with Gasteiger partial charge in [0.25, 0.3) is 0 Å². The van der Waals surface area contributed by atoms with Crippen LogP contribution >= 0.6 is 0 Å². The van der Waals surface area contributed by atoms with Crippen molar-refractivity contribution in [3.05, 3.63) is 207 Å². The van der Waals surface area contributed by atoms with E-state index >= 15 is 0 Å². The van der Waals surface area contributed by atoms with Gasteiger partial charge in [0.2, 0.25) is 0 Å². The van der Waals surface area contributed by atoms with Gasteiger partial charge in [-0.1, -0.05) is 146 Å². The third kappa shape index (κ3) is 6.91. The first-order valence-corrected chi connectivity index (χ1v) is 19.2. The van der Waals surface area contributed by atoms with Crippen molar-refractivity contribution in [2.75, 3.05) is 0 Å². The van der Waals surface area contributed by atoms with E-state index in [-0.39, 0.29) is 0 Å². The van der Waals surface area contributed by atoms with Gasteiger partial charge in [-0.05, 0) is 69.4 Å². The maximum Gasteiger partial charge on any atom is 0.161 e. The summed E-state index contributed by atoms with van der Waals surface area (Å²) in [5, 5.41) is 2.38. The Hall–Kier alpha value is -7.96. The molecule has 10 rings (SSSR count). The Morgan fingerprint density at radius 3 is 1.02 bits per heavy atom. The van der Waals surface area contributed by atoms with Crippen LogP contribution in [0.1, 0.15) is 0 Å². The molecule has 4 heterocycles. The first-order chi connectivity index (χ1) is 28.7. The monoisotopic (exact) mass is 742 g/mol. The van der Waals surface area contributed by atoms with Gasteiger partial charge < -0.3 is 0 Å². The van der Waals surface area contributed by atoms with E-state index in [4.69, 9.17) is 19.9 Å². The maximum absolute atomic E-state index is 5.01. The molecule has 272 valence electrons. The lowest BCUT2D eigenvalue weighted by Crippen LogP contribution is -1.96. The van der Waals surface area contributed by atoms with Crippen molar-refractivity contribution in [2.24, 2.45) is 0 Å². The standard InChI is InChI=1S/C52H34N6/c1-3-11-37(12-4-1)46-31-48(57-51(55-46)42-17-9-29-53-33-42)39-25-21-35(22-26-39)44-19-7-15-41-16-8-20-45(50(41)44)36-23-27-40(28-24-36)49-32-47(38-13-5-2-6-14-38)56-52(58-49)43-18-10-30-54-34-43/h1-34H. The number of benzene rings is 6. The molecule has 0 N–H and O–H groups in total. The fourth-order valence-electron chi connectivity index (χ4n) is 7.42. The van der Waals surface area contributed by atoms with E-state index in [1.165, 1.54) is 10.8 Å². The molecule has 0 aliphatic heterocycles. The predicted octanol–water partition coefficient (Wildman–Crippen LogP) is 12.5. The van der Waals surface area contributed by atoms with E-state index in [1.807, 2.05) is 60.7 Å². The molecule has 0 unspecified atom stereocenters. The highest BCUT2D eigenvalue weighted by atomic mass is 14.9. The number of hydrogen-bond acceptors (Lipinski definition) is 6. The summed E-state index contributed by atoms with van der Waals surface area (Å²) in [4.78, 5) is 28.5. The summed E-state index contributed by atoms with van der Waals surface area (Å²) < 4.78 is 0. The SMILES string of the molecule is c1ccc(-c2cc(-c3ccc(-c4cccc5cccc(-c6ccc(-c7cc(-c8ccccc8)nc(-c8cccnc8)n7)cc6)c45)cc3)nc(-c3cccnc3)n2)cc1. The lowest BCUT2D eigenvalue weighted by molar-refractivity contribution is 1.17. The van der Waals surface area contributed by atoms with Crippen molar-refractivity contribution in [1.82, 2.24) is 29.9 Å². The van der Waals surface area contributed by atoms with Crippen molar-refractivity contribution >= 4 is 10.8 Å². The third-order valence-corrected chi connectivity index (χ3v) is 10.3. The summed E-state index contributed by atoms with van der Waals surface area (Å²) in [7, 11) is 0. The number of nitrogens with zero attached hydrogens (tertiary/aromatic N) is 6. The summed E-state index contributed by atoms with van der Waals surface area (Å²) in [6.45, 7) is 0. The minimum Gasteiger partial charge on any atom is -0.264 e. The predicted molar refractivity (Wildman–Crippen MR) is 234 cm³/mol. The number of fused-ring (bicyclic) bond motifs is 1. The molecule has 0 saturated carbocycles. The Labute approximate surface area is 336 Å². The highest BCUT2D eigenvalue weighted by molar-refractivity contribution is 6.06. The first kappa shape index (κ1) is 34.5. The fourth-order valence-corrected chi connectivity index (χ4v) is 7.42. The minimum atomic E-state index is 0.642. The van der Waals surface area contributed by atoms with Gasteiger partial charge in [-0.2, -0.15) is 0 Å². The molecule has 6 heteroatoms. The molecule has 0 spiro atoms. The Kier molecular flexibility index (Phi) is 9.10. The van der Waals surface area contributed by atoms with Gasteiger partial charge in [-0.3, -0.25) is 9.97 Å². The van der Waals surface area contributed by atoms with Gasteiger partial charge in [0, 0.05) is 58.2 Å². The van der Waals surface area contributed by atoms with Crippen LogP contribution in [0.4, 0.5) is 0 Å². The summed E-state index contributed by atoms with van der Waals surface area (Å²) in [6.07, 6.45) is 7.14. The quantitative estimate of drug-likeness (QED) is 0.154. The average molecular weight is 743 g/mol. The molecule has 0 aliphatic rings. The van der Waals surface area contributed by atoms with Crippen LogP contribution in [0.5, 0.6) is 0 Å². The summed E-state index contributed by atoms with van der Waals surface area (Å²) in [6, 6.07) is 62.8. The van der Waals surface area contributed by atoms with Gasteiger partial charge in [-0.25, -0.2) is 19.9 Å². The van der Waals surface area contributed by atoms with E-state index in [9.17, 15) is 0 Å². The van der Waals surface area contributed by atoms with Crippen LogP contribution in [0.2, 0.25) is 0 Å². The molecule has 6 nitrogen and oxygen atoms in total. The lowest BCUT2D eigenvalue weighted by Gasteiger charge is -2.14. The summed E-state index contributed by atoms with van der Waals surface area (Å²) in [5.41, 5.74) is 13.8. The minimum absolute atomic E-state index is 0.642. The molecular weight excluding hydrogens is 709 g/mol. The van der Waals surface area contributed by atoms with Gasteiger partial charge in [0.15, 0.2) is 11.6 Å². The zero-order valence-corrected chi connectivity index (χ0v) is 31.3. The van der Waals surface area contributed by atoms with E-state index < -0.39 is 0 Å². The van der Waals surface area contributed by atoms with Gasteiger partial charge in [0.05, 0.1) is 22.8 Å². The van der Waals surface area contributed by atoms with Crippen molar-refractivity contribution in [3.63, 3.8) is 0 Å². The maximum atomic E-state index is 5.01. The Balaban J connectivity index is 1.01. The second-order valence-electron chi connectivity index (χ2n) is 14.0. The van der Waals surface area contributed by atoms with Gasteiger partial charge in [0.1, 0.15) is 0 Å². The zero-order chi connectivity index (χ0) is 38.7. The van der Waals surface area contributed by atoms with Crippen LogP contribution in [0, 0.1) is 0 Å². The zero-order valence-electron chi connectivity index (χ0n) is 31.3. The fraction of sp³-hybridized carbons (Fsp3) is 0. The second kappa shape index (κ2) is 15.3. The normalized spacial score (nSPS) is 11.1. The molecular formula is C52H34N6. The number of aromatic nitrogens is 6. The van der Waals surface area contributed by atoms with Crippen molar-refractivity contribution in [3.8, 4) is 90.1 Å². The molecule has 4 aromatic heterocycles. The molecule has 0 radical (unpaired) electrons. The topological polar surface area (TPSA) is 77.3 Å². The number of pyridine rings is 2. The van der Waals surface area contributed by atoms with Crippen LogP contribution in [0.15, 0.2) is 207 Å². The highest BCUT2D eigenvalue weighted by Gasteiger charge is 2.15. The van der Waals surface area contributed by atoms with E-state index in [2.05, 4.69) is 131 Å². The lowest BCUT2D eigenvalue weighted by atomic mass is 9.90. The molecule has 0 atom stereocenters. The summed E-state index contributed by atoms with van der Waals surface area (Å²) >= 11 is 0. The van der Waals surface area contributed by atoms with Crippen molar-refractivity contribution < 1.29 is 0 Å². The van der Waals surface area contributed by atoms with Crippen molar-refractivity contribution in [1.29, 1.82) is 0 Å². The van der Waals surface area contributed by atoms with Crippen molar-refractivity contribution in [2.45, 2.75) is 0 Å². The van der Waals surface area contributed by atoms with Crippen LogP contribution in [-0.2, 0) is 0 Å². The van der Waals surface area contributed by atoms with Crippen LogP contribution in [0.3, 0.4) is 0 Å². The van der Waals surface area contributed by atoms with Crippen LogP contribution < -0.4 is 0 Å². The average Bonchev–Trinajstić information content (AvgIpc) is 3.32. The van der Waals surface area contributed by atoms with Crippen LogP contribution in [0.25, 0.3) is 101 Å². The highest BCUT2D eigenvalue weighted by Crippen LogP contribution is 2.38. The third-order valence-electron chi connectivity index (χ3n) is 10.3. The Morgan fingerprint density at radius 2 is 0.638 bits per heavy atom. The number of hydrogen-bond donors (Lipinski definition) is 0. The molecule has 0 saturated heterocycles. The molecule has 0 bridgehead atoms. The number of rotatable bonds is 8. The van der Waals surface area contributed by atoms with Gasteiger partial charge in [-0.15, -0.1) is 0 Å². The molecule has 58 heavy (non-hydrogen) atoms. The molecule has 6 aromatic carbocycles. The van der Waals surface area contributed by atoms with E-state index in [0.29, 0.717) is 11.6 Å². The molecule has 0 fully saturated rings. The second-order valence-corrected chi connectivity index (χ2v) is 14.0. The van der Waals surface area contributed by atoms with E-state index in [1.54, 1.807) is 24.8 Å². The molecule has 10 aromatic rings. The molecule has 0 aliphatic carbocycles.